The summed E-state index contributed by atoms with van der Waals surface area (Å²) in [6.45, 7) is 8.35. The van der Waals surface area contributed by atoms with E-state index in [2.05, 4.69) is 4.90 Å². The van der Waals surface area contributed by atoms with Crippen molar-refractivity contribution in [2.24, 2.45) is 0 Å². The molecule has 0 aromatic rings. The second kappa shape index (κ2) is 6.35. The minimum atomic E-state index is -0.0113. The summed E-state index contributed by atoms with van der Waals surface area (Å²) in [6, 6.07) is 0. The maximum absolute atomic E-state index is 8.94. The Balaban J connectivity index is 2.11. The van der Waals surface area contributed by atoms with Crippen LogP contribution in [0.15, 0.2) is 0 Å². The first-order chi connectivity index (χ1) is 6.72. The summed E-state index contributed by atoms with van der Waals surface area (Å²) in [5.41, 5.74) is 0. The average molecular weight is 203 g/mol. The molecule has 1 heterocycles. The maximum atomic E-state index is 8.94. The minimum Gasteiger partial charge on any atom is -0.394 e. The normalized spacial score (nSPS) is 24.4. The van der Waals surface area contributed by atoms with Gasteiger partial charge in [0, 0.05) is 19.6 Å². The molecule has 1 saturated heterocycles. The van der Waals surface area contributed by atoms with E-state index in [0.29, 0.717) is 12.7 Å². The summed E-state index contributed by atoms with van der Waals surface area (Å²) in [5.74, 6) is 0. The molecule has 14 heavy (non-hydrogen) atoms. The Kier molecular flexibility index (Phi) is 5.40. The standard InChI is InChI=1S/C10H21NO3/c1-9(2)13-5-3-11-4-6-14-10(7-11)8-12/h9-10,12H,3-8H2,1-2H3/t10-/m1/s1. The SMILES string of the molecule is CC(C)OCCN1CCO[C@@H](CO)C1. The number of ether oxygens (including phenoxy) is 2. The van der Waals surface area contributed by atoms with Gasteiger partial charge in [0.05, 0.1) is 32.0 Å². The van der Waals surface area contributed by atoms with E-state index < -0.39 is 0 Å². The smallest absolute Gasteiger partial charge is 0.0932 e. The van der Waals surface area contributed by atoms with Crippen LogP contribution in [0.3, 0.4) is 0 Å². The van der Waals surface area contributed by atoms with Crippen LogP contribution < -0.4 is 0 Å². The molecule has 0 aliphatic carbocycles. The van der Waals surface area contributed by atoms with Gasteiger partial charge in [-0.25, -0.2) is 0 Å². The molecule has 4 heteroatoms. The van der Waals surface area contributed by atoms with E-state index in [9.17, 15) is 0 Å². The van der Waals surface area contributed by atoms with Gasteiger partial charge in [0.2, 0.25) is 0 Å². The summed E-state index contributed by atoms with van der Waals surface area (Å²) in [4.78, 5) is 2.27. The van der Waals surface area contributed by atoms with E-state index in [0.717, 1.165) is 26.2 Å². The molecule has 1 rings (SSSR count). The van der Waals surface area contributed by atoms with E-state index in [1.165, 1.54) is 0 Å². The Hall–Kier alpha value is -0.160. The Bertz CT molecular complexity index is 152. The Morgan fingerprint density at radius 2 is 2.36 bits per heavy atom. The third-order valence-electron chi connectivity index (χ3n) is 2.29. The van der Waals surface area contributed by atoms with Crippen LogP contribution in [0, 0.1) is 0 Å². The molecule has 0 radical (unpaired) electrons. The lowest BCUT2D eigenvalue weighted by Crippen LogP contribution is -2.45. The third kappa shape index (κ3) is 4.37. The van der Waals surface area contributed by atoms with Crippen molar-refractivity contribution in [3.63, 3.8) is 0 Å². The molecule has 0 spiro atoms. The van der Waals surface area contributed by atoms with Gasteiger partial charge in [0.25, 0.3) is 0 Å². The molecule has 1 atom stereocenters. The van der Waals surface area contributed by atoms with Crippen molar-refractivity contribution in [2.75, 3.05) is 39.5 Å². The van der Waals surface area contributed by atoms with Crippen molar-refractivity contribution < 1.29 is 14.6 Å². The van der Waals surface area contributed by atoms with Crippen LogP contribution in [0.2, 0.25) is 0 Å². The van der Waals surface area contributed by atoms with Crippen LogP contribution in [-0.4, -0.2) is 61.7 Å². The molecule has 0 bridgehead atoms. The van der Waals surface area contributed by atoms with Crippen molar-refractivity contribution in [1.29, 1.82) is 0 Å². The van der Waals surface area contributed by atoms with Crippen molar-refractivity contribution >= 4 is 0 Å². The summed E-state index contributed by atoms with van der Waals surface area (Å²) in [5, 5.41) is 8.94. The van der Waals surface area contributed by atoms with Gasteiger partial charge in [-0.2, -0.15) is 0 Å². The zero-order valence-electron chi connectivity index (χ0n) is 9.11. The molecule has 1 aliphatic rings. The molecule has 84 valence electrons. The predicted molar refractivity (Wildman–Crippen MR) is 54.4 cm³/mol. The summed E-state index contributed by atoms with van der Waals surface area (Å²) in [6.07, 6.45) is 0.285. The molecule has 0 aromatic heterocycles. The molecule has 0 saturated carbocycles. The monoisotopic (exact) mass is 203 g/mol. The van der Waals surface area contributed by atoms with Crippen molar-refractivity contribution in [1.82, 2.24) is 4.90 Å². The lowest BCUT2D eigenvalue weighted by atomic mass is 10.3. The lowest BCUT2D eigenvalue weighted by molar-refractivity contribution is -0.0603. The molecular formula is C10H21NO3. The highest BCUT2D eigenvalue weighted by Crippen LogP contribution is 2.04. The summed E-state index contributed by atoms with van der Waals surface area (Å²) in [7, 11) is 0. The second-order valence-corrected chi connectivity index (χ2v) is 3.90. The predicted octanol–water partition coefficient (Wildman–Crippen LogP) is 0.104. The van der Waals surface area contributed by atoms with E-state index in [4.69, 9.17) is 14.6 Å². The van der Waals surface area contributed by atoms with Gasteiger partial charge in [-0.15, -0.1) is 0 Å². The first kappa shape index (κ1) is 11.9. The van der Waals surface area contributed by atoms with Crippen LogP contribution in [0.5, 0.6) is 0 Å². The van der Waals surface area contributed by atoms with Crippen molar-refractivity contribution in [3.8, 4) is 0 Å². The van der Waals surface area contributed by atoms with E-state index in [1.807, 2.05) is 13.8 Å². The zero-order chi connectivity index (χ0) is 10.4. The highest BCUT2D eigenvalue weighted by molar-refractivity contribution is 4.70. The summed E-state index contributed by atoms with van der Waals surface area (Å²) >= 11 is 0. The number of rotatable bonds is 5. The zero-order valence-corrected chi connectivity index (χ0v) is 9.11. The van der Waals surface area contributed by atoms with Crippen LogP contribution in [0.4, 0.5) is 0 Å². The van der Waals surface area contributed by atoms with Gasteiger partial charge in [0.15, 0.2) is 0 Å². The number of nitrogens with zero attached hydrogens (tertiary/aromatic N) is 1. The summed E-state index contributed by atoms with van der Waals surface area (Å²) < 4.78 is 10.8. The number of hydrogen-bond acceptors (Lipinski definition) is 4. The number of aliphatic hydroxyl groups is 1. The van der Waals surface area contributed by atoms with Gasteiger partial charge < -0.3 is 14.6 Å². The first-order valence-electron chi connectivity index (χ1n) is 5.28. The van der Waals surface area contributed by atoms with Gasteiger partial charge in [0.1, 0.15) is 0 Å². The average Bonchev–Trinajstić information content (AvgIpc) is 2.18. The van der Waals surface area contributed by atoms with Crippen molar-refractivity contribution in [3.05, 3.63) is 0 Å². The topological polar surface area (TPSA) is 41.9 Å². The molecule has 0 aromatic carbocycles. The first-order valence-corrected chi connectivity index (χ1v) is 5.28. The van der Waals surface area contributed by atoms with Gasteiger partial charge in [-0.05, 0) is 13.8 Å². The minimum absolute atomic E-state index is 0.0113. The van der Waals surface area contributed by atoms with E-state index in [-0.39, 0.29) is 12.7 Å². The molecule has 1 aliphatic heterocycles. The number of aliphatic hydroxyl groups excluding tert-OH is 1. The Morgan fingerprint density at radius 1 is 1.57 bits per heavy atom. The van der Waals surface area contributed by atoms with E-state index >= 15 is 0 Å². The molecule has 1 fully saturated rings. The lowest BCUT2D eigenvalue weighted by Gasteiger charge is -2.31. The van der Waals surface area contributed by atoms with E-state index in [1.54, 1.807) is 0 Å². The third-order valence-corrected chi connectivity index (χ3v) is 2.29. The number of hydrogen-bond donors (Lipinski definition) is 1. The van der Waals surface area contributed by atoms with Crippen LogP contribution in [-0.2, 0) is 9.47 Å². The van der Waals surface area contributed by atoms with Crippen molar-refractivity contribution in [2.45, 2.75) is 26.1 Å². The fraction of sp³-hybridized carbons (Fsp3) is 1.00. The largest absolute Gasteiger partial charge is 0.394 e. The quantitative estimate of drug-likeness (QED) is 0.688. The van der Waals surface area contributed by atoms with Gasteiger partial charge in [-0.1, -0.05) is 0 Å². The second-order valence-electron chi connectivity index (χ2n) is 3.90. The highest BCUT2D eigenvalue weighted by atomic mass is 16.5. The molecule has 0 unspecified atom stereocenters. The maximum Gasteiger partial charge on any atom is 0.0932 e. The molecule has 0 amide bonds. The number of morpholine rings is 1. The molecule has 1 N–H and O–H groups in total. The van der Waals surface area contributed by atoms with Crippen LogP contribution in [0.25, 0.3) is 0 Å². The van der Waals surface area contributed by atoms with Gasteiger partial charge in [-0.3, -0.25) is 4.90 Å². The molecule has 4 nitrogen and oxygen atoms in total. The fourth-order valence-corrected chi connectivity index (χ4v) is 1.51. The molecular weight excluding hydrogens is 182 g/mol. The van der Waals surface area contributed by atoms with Crippen LogP contribution in [0.1, 0.15) is 13.8 Å². The Labute approximate surface area is 85.8 Å². The fourth-order valence-electron chi connectivity index (χ4n) is 1.51. The van der Waals surface area contributed by atoms with Gasteiger partial charge >= 0.3 is 0 Å². The van der Waals surface area contributed by atoms with Crippen LogP contribution >= 0.6 is 0 Å². The Morgan fingerprint density at radius 3 is 3.00 bits per heavy atom. The highest BCUT2D eigenvalue weighted by Gasteiger charge is 2.18.